The van der Waals surface area contributed by atoms with E-state index in [0.29, 0.717) is 21.6 Å². The Morgan fingerprint density at radius 3 is 2.72 bits per heavy atom. The lowest BCUT2D eigenvalue weighted by molar-refractivity contribution is -0.115. The van der Waals surface area contributed by atoms with Gasteiger partial charge in [-0.05, 0) is 36.6 Å². The summed E-state index contributed by atoms with van der Waals surface area (Å²) in [6, 6.07) is 14.6. The molecule has 0 aliphatic heterocycles. The summed E-state index contributed by atoms with van der Waals surface area (Å²) in [6.07, 6.45) is 1.89. The molecule has 29 heavy (non-hydrogen) atoms. The predicted molar refractivity (Wildman–Crippen MR) is 113 cm³/mol. The molecular formula is C20H19ClN4O3S. The van der Waals surface area contributed by atoms with Crippen molar-refractivity contribution in [1.29, 1.82) is 0 Å². The maximum atomic E-state index is 13.2. The van der Waals surface area contributed by atoms with E-state index in [9.17, 15) is 9.59 Å². The molecule has 1 atom stereocenters. The summed E-state index contributed by atoms with van der Waals surface area (Å²) in [4.78, 5) is 25.3. The zero-order chi connectivity index (χ0) is 20.4. The minimum Gasteiger partial charge on any atom is -0.495 e. The van der Waals surface area contributed by atoms with Crippen LogP contribution in [0.15, 0.2) is 58.5 Å². The molecule has 7 nitrogen and oxygen atoms in total. The van der Waals surface area contributed by atoms with E-state index in [1.165, 1.54) is 18.9 Å². The largest absolute Gasteiger partial charge is 0.495 e. The Balaban J connectivity index is 1.62. The molecule has 3 aromatic rings. The molecule has 9 heteroatoms. The van der Waals surface area contributed by atoms with E-state index < -0.39 is 5.25 Å². The van der Waals surface area contributed by atoms with Gasteiger partial charge in [-0.1, -0.05) is 53.7 Å². The van der Waals surface area contributed by atoms with E-state index in [-0.39, 0.29) is 17.6 Å². The summed E-state index contributed by atoms with van der Waals surface area (Å²) in [7, 11) is 1.53. The van der Waals surface area contributed by atoms with Crippen molar-refractivity contribution >= 4 is 35.0 Å². The van der Waals surface area contributed by atoms with Crippen molar-refractivity contribution in [2.45, 2.75) is 29.3 Å². The molecule has 1 heterocycles. The Hall–Kier alpha value is -2.71. The molecule has 2 N–H and O–H groups in total. The van der Waals surface area contributed by atoms with Gasteiger partial charge in [-0.25, -0.2) is 9.89 Å². The Morgan fingerprint density at radius 1 is 1.31 bits per heavy atom. The van der Waals surface area contributed by atoms with Crippen LogP contribution >= 0.6 is 23.4 Å². The van der Waals surface area contributed by atoms with Crippen LogP contribution in [-0.4, -0.2) is 27.8 Å². The second-order valence-electron chi connectivity index (χ2n) is 6.66. The van der Waals surface area contributed by atoms with Crippen molar-refractivity contribution in [1.82, 2.24) is 14.8 Å². The normalized spacial score (nSPS) is 14.4. The zero-order valence-electron chi connectivity index (χ0n) is 15.6. The number of aromatic amines is 1. The highest BCUT2D eigenvalue weighted by Crippen LogP contribution is 2.40. The summed E-state index contributed by atoms with van der Waals surface area (Å²) < 4.78 is 6.79. The highest BCUT2D eigenvalue weighted by Gasteiger charge is 2.31. The Labute approximate surface area is 176 Å². The molecular weight excluding hydrogens is 412 g/mol. The molecule has 0 saturated heterocycles. The first-order valence-electron chi connectivity index (χ1n) is 9.09. The smallest absolute Gasteiger partial charge is 0.344 e. The van der Waals surface area contributed by atoms with Gasteiger partial charge in [0, 0.05) is 11.7 Å². The molecule has 0 bridgehead atoms. The zero-order valence-corrected chi connectivity index (χ0v) is 17.2. The summed E-state index contributed by atoms with van der Waals surface area (Å²) in [5, 5.41) is 9.86. The molecule has 0 radical (unpaired) electrons. The van der Waals surface area contributed by atoms with Crippen molar-refractivity contribution in [2.75, 3.05) is 12.4 Å². The van der Waals surface area contributed by atoms with Crippen LogP contribution in [0.1, 0.15) is 29.7 Å². The average Bonchev–Trinajstić information content (AvgIpc) is 3.49. The Kier molecular flexibility index (Phi) is 5.64. The van der Waals surface area contributed by atoms with Crippen LogP contribution in [-0.2, 0) is 4.79 Å². The third-order valence-electron chi connectivity index (χ3n) is 4.57. The van der Waals surface area contributed by atoms with Crippen molar-refractivity contribution in [3.8, 4) is 5.75 Å². The molecule has 1 amide bonds. The number of hydrogen-bond donors (Lipinski definition) is 2. The SMILES string of the molecule is COc1ccc(NC(=O)C(Sc2n[nH]c(=O)n2C2CC2)c2ccccc2)cc1Cl. The van der Waals surface area contributed by atoms with Gasteiger partial charge in [0.25, 0.3) is 0 Å². The van der Waals surface area contributed by atoms with Crippen LogP contribution < -0.4 is 15.7 Å². The van der Waals surface area contributed by atoms with E-state index in [1.807, 2.05) is 30.3 Å². The van der Waals surface area contributed by atoms with E-state index in [1.54, 1.807) is 22.8 Å². The number of H-pyrrole nitrogens is 1. The quantitative estimate of drug-likeness (QED) is 0.552. The molecule has 1 aliphatic rings. The van der Waals surface area contributed by atoms with Gasteiger partial charge in [0.05, 0.1) is 12.1 Å². The number of anilines is 1. The van der Waals surface area contributed by atoms with E-state index in [2.05, 4.69) is 15.5 Å². The van der Waals surface area contributed by atoms with Crippen molar-refractivity contribution in [3.63, 3.8) is 0 Å². The number of methoxy groups -OCH3 is 1. The van der Waals surface area contributed by atoms with Gasteiger partial charge in [0.15, 0.2) is 5.16 Å². The van der Waals surface area contributed by atoms with Crippen LogP contribution in [0.25, 0.3) is 0 Å². The van der Waals surface area contributed by atoms with E-state index >= 15 is 0 Å². The van der Waals surface area contributed by atoms with Gasteiger partial charge in [0.2, 0.25) is 5.91 Å². The number of amides is 1. The van der Waals surface area contributed by atoms with Crippen LogP contribution in [0.3, 0.4) is 0 Å². The standard InChI is InChI=1S/C20H19ClN4O3S/c1-28-16-10-7-13(11-15(16)21)22-18(26)17(12-5-3-2-4-6-12)29-20-24-23-19(27)25(20)14-8-9-14/h2-7,10-11,14,17H,8-9H2,1H3,(H,22,26)(H,23,27). The summed E-state index contributed by atoms with van der Waals surface area (Å²) in [5.74, 6) is 0.295. The van der Waals surface area contributed by atoms with Gasteiger partial charge < -0.3 is 10.1 Å². The maximum Gasteiger partial charge on any atom is 0.344 e. The average molecular weight is 431 g/mol. The van der Waals surface area contributed by atoms with Crippen LogP contribution in [0.4, 0.5) is 5.69 Å². The van der Waals surface area contributed by atoms with Crippen LogP contribution in [0.2, 0.25) is 5.02 Å². The van der Waals surface area contributed by atoms with Gasteiger partial charge >= 0.3 is 5.69 Å². The summed E-state index contributed by atoms with van der Waals surface area (Å²) in [6.45, 7) is 0. The highest BCUT2D eigenvalue weighted by molar-refractivity contribution is 8.00. The van der Waals surface area contributed by atoms with Crippen LogP contribution in [0.5, 0.6) is 5.75 Å². The van der Waals surface area contributed by atoms with Crippen molar-refractivity contribution < 1.29 is 9.53 Å². The lowest BCUT2D eigenvalue weighted by Crippen LogP contribution is -2.21. The molecule has 1 unspecified atom stereocenters. The predicted octanol–water partition coefficient (Wildman–Crippen LogP) is 4.04. The minimum atomic E-state index is -0.593. The first-order valence-corrected chi connectivity index (χ1v) is 10.4. The third kappa shape index (κ3) is 4.33. The fourth-order valence-corrected chi connectivity index (χ4v) is 4.36. The number of carbonyl (C=O) groups excluding carboxylic acids is 1. The number of thioether (sulfide) groups is 1. The topological polar surface area (TPSA) is 89.0 Å². The number of rotatable bonds is 7. The summed E-state index contributed by atoms with van der Waals surface area (Å²) in [5.41, 5.74) is 1.13. The molecule has 0 spiro atoms. The van der Waals surface area contributed by atoms with E-state index in [0.717, 1.165) is 18.4 Å². The number of ether oxygens (including phenoxy) is 1. The Morgan fingerprint density at radius 2 is 2.07 bits per heavy atom. The Bertz CT molecular complexity index is 1080. The van der Waals surface area contributed by atoms with Gasteiger partial charge in [0.1, 0.15) is 11.0 Å². The van der Waals surface area contributed by atoms with Crippen molar-refractivity contribution in [3.05, 3.63) is 69.6 Å². The van der Waals surface area contributed by atoms with Gasteiger partial charge in [-0.3, -0.25) is 9.36 Å². The second-order valence-corrected chi connectivity index (χ2v) is 8.14. The number of benzene rings is 2. The van der Waals surface area contributed by atoms with Crippen LogP contribution in [0, 0.1) is 0 Å². The molecule has 1 saturated carbocycles. The minimum absolute atomic E-state index is 0.156. The number of carbonyl (C=O) groups is 1. The third-order valence-corrected chi connectivity index (χ3v) is 6.08. The molecule has 1 aliphatic carbocycles. The fourth-order valence-electron chi connectivity index (χ4n) is 2.99. The summed E-state index contributed by atoms with van der Waals surface area (Å²) >= 11 is 7.42. The first-order chi connectivity index (χ1) is 14.1. The number of nitrogens with zero attached hydrogens (tertiary/aromatic N) is 2. The molecule has 1 fully saturated rings. The van der Waals surface area contributed by atoms with Gasteiger partial charge in [-0.15, -0.1) is 5.10 Å². The number of hydrogen-bond acceptors (Lipinski definition) is 5. The van der Waals surface area contributed by atoms with E-state index in [4.69, 9.17) is 16.3 Å². The maximum absolute atomic E-state index is 13.2. The monoisotopic (exact) mass is 430 g/mol. The molecule has 4 rings (SSSR count). The van der Waals surface area contributed by atoms with Gasteiger partial charge in [-0.2, -0.15) is 0 Å². The van der Waals surface area contributed by atoms with Crippen molar-refractivity contribution in [2.24, 2.45) is 0 Å². The lowest BCUT2D eigenvalue weighted by Gasteiger charge is -2.17. The fraction of sp³-hybridized carbons (Fsp3) is 0.250. The number of halogens is 1. The number of aromatic nitrogens is 3. The molecule has 150 valence electrons. The molecule has 1 aromatic heterocycles. The lowest BCUT2D eigenvalue weighted by atomic mass is 10.1. The highest BCUT2D eigenvalue weighted by atomic mass is 35.5. The molecule has 2 aromatic carbocycles. The first kappa shape index (κ1) is 19.6. The second kappa shape index (κ2) is 8.34. The number of nitrogens with one attached hydrogen (secondary N) is 2.